The number of anilines is 1. The van der Waals surface area contributed by atoms with Gasteiger partial charge in [0.05, 0.1) is 11.4 Å². The molecule has 3 aromatic rings. The van der Waals surface area contributed by atoms with E-state index < -0.39 is 0 Å². The lowest BCUT2D eigenvalue weighted by atomic mass is 10.2. The van der Waals surface area contributed by atoms with Crippen molar-refractivity contribution in [1.82, 2.24) is 0 Å². The lowest BCUT2D eigenvalue weighted by Crippen LogP contribution is -2.03. The topological polar surface area (TPSA) is 75.4 Å². The van der Waals surface area contributed by atoms with Crippen LogP contribution in [0.1, 0.15) is 12.5 Å². The number of nitrogens with zero attached hydrogens (tertiary/aromatic N) is 3. The van der Waals surface area contributed by atoms with Crippen molar-refractivity contribution in [2.24, 2.45) is 15.3 Å². The zero-order chi connectivity index (χ0) is 18.9. The highest BCUT2D eigenvalue weighted by atomic mass is 16.5. The molecule has 0 aliphatic carbocycles. The molecule has 0 atom stereocenters. The molecule has 134 valence electrons. The number of ether oxygens (including phenoxy) is 1. The quantitative estimate of drug-likeness (QED) is 0.171. The van der Waals surface area contributed by atoms with Crippen LogP contribution >= 0.6 is 0 Å². The van der Waals surface area contributed by atoms with E-state index in [1.807, 2.05) is 60.7 Å². The summed E-state index contributed by atoms with van der Waals surface area (Å²) < 4.78 is 5.06. The number of benzene rings is 3. The van der Waals surface area contributed by atoms with Crippen molar-refractivity contribution in [3.63, 3.8) is 0 Å². The third kappa shape index (κ3) is 5.61. The number of carbonyl (C=O) groups is 1. The van der Waals surface area contributed by atoms with Crippen LogP contribution in [0.4, 0.5) is 11.4 Å². The Morgan fingerprint density at radius 1 is 0.852 bits per heavy atom. The number of hydrazone groups is 1. The summed E-state index contributed by atoms with van der Waals surface area (Å²) in [6.45, 7) is 1.36. The summed E-state index contributed by atoms with van der Waals surface area (Å²) in [5.41, 5.74) is 5.26. The van der Waals surface area contributed by atoms with Crippen molar-refractivity contribution < 1.29 is 9.53 Å². The maximum absolute atomic E-state index is 11.1. The van der Waals surface area contributed by atoms with Gasteiger partial charge in [-0.05, 0) is 48.5 Å². The average molecular weight is 358 g/mol. The predicted molar refractivity (Wildman–Crippen MR) is 105 cm³/mol. The molecule has 0 saturated carbocycles. The van der Waals surface area contributed by atoms with Crippen molar-refractivity contribution in [3.05, 3.63) is 90.5 Å². The van der Waals surface area contributed by atoms with Crippen molar-refractivity contribution in [2.75, 3.05) is 5.43 Å². The second kappa shape index (κ2) is 9.05. The molecule has 0 fully saturated rings. The van der Waals surface area contributed by atoms with Gasteiger partial charge in [0.25, 0.3) is 0 Å². The van der Waals surface area contributed by atoms with Crippen LogP contribution in [0.5, 0.6) is 5.75 Å². The summed E-state index contributed by atoms with van der Waals surface area (Å²) in [6.07, 6.45) is 0. The van der Waals surface area contributed by atoms with E-state index in [9.17, 15) is 4.79 Å². The van der Waals surface area contributed by atoms with E-state index in [0.717, 1.165) is 16.9 Å². The van der Waals surface area contributed by atoms with Crippen LogP contribution in [0.15, 0.2) is 100 Å². The smallest absolute Gasteiger partial charge is 0.308 e. The zero-order valence-corrected chi connectivity index (χ0v) is 14.7. The fraction of sp³-hybridized carbons (Fsp3) is 0.0476. The molecular weight excluding hydrogens is 340 g/mol. The number of rotatable bonds is 5. The molecule has 0 spiro atoms. The van der Waals surface area contributed by atoms with E-state index in [2.05, 4.69) is 20.8 Å². The summed E-state index contributed by atoms with van der Waals surface area (Å²) in [5.74, 6) is 0.491. The Morgan fingerprint density at radius 3 is 2.11 bits per heavy atom. The van der Waals surface area contributed by atoms with Crippen LogP contribution in [-0.4, -0.2) is 11.8 Å². The summed E-state index contributed by atoms with van der Waals surface area (Å²) in [6, 6.07) is 25.9. The Balaban J connectivity index is 1.86. The molecule has 0 aromatic heterocycles. The number of carbonyl (C=O) groups excluding carboxylic acids is 1. The molecule has 0 amide bonds. The van der Waals surface area contributed by atoms with Crippen LogP contribution in [0.3, 0.4) is 0 Å². The second-order valence-electron chi connectivity index (χ2n) is 5.57. The normalized spacial score (nSPS) is 11.4. The molecule has 0 radical (unpaired) electrons. The van der Waals surface area contributed by atoms with Gasteiger partial charge in [0.2, 0.25) is 5.84 Å². The molecule has 3 aromatic carbocycles. The average Bonchev–Trinajstić information content (AvgIpc) is 2.70. The standard InChI is InChI=1S/C21H18N4O2/c1-16(26)27-20-14-12-17(13-15-20)21(24-22-18-8-4-2-5-9-18)25-23-19-10-6-3-7-11-19/h2-15,22H,1H3/b24-21+,25-23?. The molecule has 0 heterocycles. The Morgan fingerprint density at radius 2 is 1.48 bits per heavy atom. The molecule has 27 heavy (non-hydrogen) atoms. The molecule has 0 saturated heterocycles. The number of para-hydroxylation sites is 1. The molecule has 0 aliphatic heterocycles. The van der Waals surface area contributed by atoms with Crippen molar-refractivity contribution >= 4 is 23.2 Å². The molecule has 1 N–H and O–H groups in total. The van der Waals surface area contributed by atoms with Crippen LogP contribution in [0, 0.1) is 0 Å². The minimum atomic E-state index is -0.369. The van der Waals surface area contributed by atoms with E-state index in [0.29, 0.717) is 11.6 Å². The summed E-state index contributed by atoms with van der Waals surface area (Å²) >= 11 is 0. The lowest BCUT2D eigenvalue weighted by molar-refractivity contribution is -0.131. The number of esters is 1. The molecule has 0 bridgehead atoms. The van der Waals surface area contributed by atoms with Crippen LogP contribution in [0.25, 0.3) is 0 Å². The van der Waals surface area contributed by atoms with Gasteiger partial charge in [-0.3, -0.25) is 10.2 Å². The largest absolute Gasteiger partial charge is 0.427 e. The lowest BCUT2D eigenvalue weighted by Gasteiger charge is -2.05. The summed E-state index contributed by atoms with van der Waals surface area (Å²) in [5, 5.41) is 12.9. The molecule has 6 heteroatoms. The number of nitrogens with one attached hydrogen (secondary N) is 1. The van der Waals surface area contributed by atoms with Gasteiger partial charge in [-0.2, -0.15) is 5.10 Å². The van der Waals surface area contributed by atoms with Gasteiger partial charge < -0.3 is 4.74 Å². The maximum atomic E-state index is 11.1. The number of azo groups is 1. The van der Waals surface area contributed by atoms with Gasteiger partial charge in [0.1, 0.15) is 5.75 Å². The Kier molecular flexibility index (Phi) is 6.04. The van der Waals surface area contributed by atoms with E-state index in [1.54, 1.807) is 24.3 Å². The first-order chi connectivity index (χ1) is 13.2. The van der Waals surface area contributed by atoms with Crippen LogP contribution in [-0.2, 0) is 4.79 Å². The highest BCUT2D eigenvalue weighted by molar-refractivity contribution is 5.99. The van der Waals surface area contributed by atoms with E-state index in [4.69, 9.17) is 4.74 Å². The molecule has 3 rings (SSSR count). The zero-order valence-electron chi connectivity index (χ0n) is 14.7. The van der Waals surface area contributed by atoms with Crippen LogP contribution < -0.4 is 10.2 Å². The second-order valence-corrected chi connectivity index (χ2v) is 5.57. The fourth-order valence-corrected chi connectivity index (χ4v) is 2.21. The number of hydrogen-bond donors (Lipinski definition) is 1. The minimum Gasteiger partial charge on any atom is -0.427 e. The predicted octanol–water partition coefficient (Wildman–Crippen LogP) is 5.17. The third-order valence-corrected chi connectivity index (χ3v) is 3.46. The van der Waals surface area contributed by atoms with Gasteiger partial charge in [-0.15, -0.1) is 10.2 Å². The first kappa shape index (κ1) is 18.0. The Hall–Kier alpha value is -3.80. The maximum Gasteiger partial charge on any atom is 0.308 e. The third-order valence-electron chi connectivity index (χ3n) is 3.46. The van der Waals surface area contributed by atoms with Gasteiger partial charge >= 0.3 is 5.97 Å². The molecule has 6 nitrogen and oxygen atoms in total. The summed E-state index contributed by atoms with van der Waals surface area (Å²) in [4.78, 5) is 11.1. The first-order valence-corrected chi connectivity index (χ1v) is 8.35. The highest BCUT2D eigenvalue weighted by Crippen LogP contribution is 2.16. The monoisotopic (exact) mass is 358 g/mol. The van der Waals surface area contributed by atoms with Crippen molar-refractivity contribution in [3.8, 4) is 5.75 Å². The fourth-order valence-electron chi connectivity index (χ4n) is 2.21. The van der Waals surface area contributed by atoms with Gasteiger partial charge in [-0.1, -0.05) is 36.4 Å². The Labute approximate surface area is 157 Å². The molecule has 0 aliphatic rings. The van der Waals surface area contributed by atoms with E-state index >= 15 is 0 Å². The first-order valence-electron chi connectivity index (χ1n) is 8.35. The van der Waals surface area contributed by atoms with Crippen molar-refractivity contribution in [1.29, 1.82) is 0 Å². The number of amidine groups is 1. The van der Waals surface area contributed by atoms with Gasteiger partial charge in [-0.25, -0.2) is 0 Å². The Bertz CT molecular complexity index is 937. The van der Waals surface area contributed by atoms with Gasteiger partial charge in [0, 0.05) is 12.5 Å². The molecular formula is C21H18N4O2. The minimum absolute atomic E-state index is 0.369. The molecule has 0 unspecified atom stereocenters. The van der Waals surface area contributed by atoms with Crippen LogP contribution in [0.2, 0.25) is 0 Å². The summed E-state index contributed by atoms with van der Waals surface area (Å²) in [7, 11) is 0. The highest BCUT2D eigenvalue weighted by Gasteiger charge is 2.05. The van der Waals surface area contributed by atoms with E-state index in [-0.39, 0.29) is 5.97 Å². The number of hydrogen-bond acceptors (Lipinski definition) is 5. The van der Waals surface area contributed by atoms with Crippen molar-refractivity contribution in [2.45, 2.75) is 6.92 Å². The van der Waals surface area contributed by atoms with Gasteiger partial charge in [0.15, 0.2) is 0 Å². The SMILES string of the molecule is CC(=O)Oc1ccc(/C(N=Nc2ccccc2)=N\Nc2ccccc2)cc1. The van der Waals surface area contributed by atoms with E-state index in [1.165, 1.54) is 6.92 Å².